The van der Waals surface area contributed by atoms with E-state index < -0.39 is 17.0 Å². The Hall–Kier alpha value is -0.150. The summed E-state index contributed by atoms with van der Waals surface area (Å²) in [5.41, 5.74) is 4.58. The molecule has 18 heavy (non-hydrogen) atoms. The molecule has 108 valence electrons. The van der Waals surface area contributed by atoms with Crippen LogP contribution in [-0.4, -0.2) is 21.9 Å². The number of rotatable bonds is 10. The lowest BCUT2D eigenvalue weighted by atomic mass is 10.1. The maximum absolute atomic E-state index is 11.4. The number of carbonyl (C=O) groups is 1. The van der Waals surface area contributed by atoms with Gasteiger partial charge in [-0.2, -0.15) is 0 Å². The van der Waals surface area contributed by atoms with Crippen molar-refractivity contribution in [3.63, 3.8) is 0 Å². The van der Waals surface area contributed by atoms with Crippen LogP contribution < -0.4 is 5.73 Å². The highest BCUT2D eigenvalue weighted by Crippen LogP contribution is 2.22. The number of hydrogen-bond acceptors (Lipinski definition) is 1. The van der Waals surface area contributed by atoms with Gasteiger partial charge in [0, 0.05) is 0 Å². The summed E-state index contributed by atoms with van der Waals surface area (Å²) >= 11 is 12.5. The molecule has 0 heterocycles. The third-order valence-electron chi connectivity index (χ3n) is 2.95. The molecule has 2 unspecified atom stereocenters. The number of carbonyl (C=O) groups excluding carboxylic acids is 1. The molecule has 0 bridgehead atoms. The van der Waals surface area contributed by atoms with E-state index in [1.807, 2.05) is 0 Å². The maximum atomic E-state index is 11.4. The number of nitrogens with two attached hydrogens (primary N) is 1. The lowest BCUT2D eigenvalue weighted by Gasteiger charge is -2.30. The van der Waals surface area contributed by atoms with Gasteiger partial charge in [-0.3, -0.25) is 4.90 Å². The SMILES string of the molecule is CCCCCC(Cl)N(C(N)=O)C(Cl)CCCCC. The Balaban J connectivity index is 4.21. The molecule has 0 aromatic rings. The fourth-order valence-electron chi connectivity index (χ4n) is 1.86. The molecule has 3 nitrogen and oxygen atoms in total. The first-order chi connectivity index (χ1) is 8.54. The van der Waals surface area contributed by atoms with E-state index in [0.29, 0.717) is 0 Å². The van der Waals surface area contributed by atoms with Gasteiger partial charge < -0.3 is 5.73 Å². The van der Waals surface area contributed by atoms with Gasteiger partial charge >= 0.3 is 6.03 Å². The van der Waals surface area contributed by atoms with Gasteiger partial charge in [0.2, 0.25) is 0 Å². The molecule has 0 aliphatic heterocycles. The quantitative estimate of drug-likeness (QED) is 0.356. The molecule has 2 N–H and O–H groups in total. The van der Waals surface area contributed by atoms with Crippen LogP contribution in [0.1, 0.15) is 65.2 Å². The molecule has 0 aromatic heterocycles. The summed E-state index contributed by atoms with van der Waals surface area (Å²) in [6.07, 6.45) is 7.95. The average molecular weight is 297 g/mol. The number of hydrogen-bond donors (Lipinski definition) is 1. The summed E-state index contributed by atoms with van der Waals surface area (Å²) in [6, 6.07) is -0.525. The van der Waals surface area contributed by atoms with Crippen molar-refractivity contribution >= 4 is 29.2 Å². The summed E-state index contributed by atoms with van der Waals surface area (Å²) in [5.74, 6) is 0. The molecule has 0 spiro atoms. The van der Waals surface area contributed by atoms with Crippen molar-refractivity contribution in [3.05, 3.63) is 0 Å². The van der Waals surface area contributed by atoms with Crippen molar-refractivity contribution < 1.29 is 4.79 Å². The second-order valence-electron chi connectivity index (χ2n) is 4.61. The molecule has 0 aliphatic carbocycles. The zero-order chi connectivity index (χ0) is 14.0. The van der Waals surface area contributed by atoms with Crippen molar-refractivity contribution in [2.75, 3.05) is 0 Å². The van der Waals surface area contributed by atoms with Crippen LogP contribution in [0.4, 0.5) is 4.79 Å². The zero-order valence-electron chi connectivity index (χ0n) is 11.5. The van der Waals surface area contributed by atoms with Crippen LogP contribution in [0, 0.1) is 0 Å². The fraction of sp³-hybridized carbons (Fsp3) is 0.923. The first kappa shape index (κ1) is 17.8. The summed E-state index contributed by atoms with van der Waals surface area (Å²) in [6.45, 7) is 4.26. The Morgan fingerprint density at radius 3 is 1.67 bits per heavy atom. The molecule has 0 fully saturated rings. The predicted molar refractivity (Wildman–Crippen MR) is 79.0 cm³/mol. The molecule has 5 heteroatoms. The van der Waals surface area contributed by atoms with Crippen molar-refractivity contribution in [3.8, 4) is 0 Å². The minimum atomic E-state index is -0.525. The van der Waals surface area contributed by atoms with Gasteiger partial charge in [-0.15, -0.1) is 0 Å². The summed E-state index contributed by atoms with van der Waals surface area (Å²) in [5, 5.41) is 0. The molecule has 0 aliphatic rings. The molecule has 0 radical (unpaired) electrons. The van der Waals surface area contributed by atoms with Crippen LogP contribution in [-0.2, 0) is 0 Å². The zero-order valence-corrected chi connectivity index (χ0v) is 13.0. The number of halogens is 2. The largest absolute Gasteiger partial charge is 0.351 e. The highest BCUT2D eigenvalue weighted by atomic mass is 35.5. The Labute approximate surface area is 121 Å². The van der Waals surface area contributed by atoms with E-state index in [0.717, 1.165) is 51.4 Å². The Morgan fingerprint density at radius 1 is 1.00 bits per heavy atom. The van der Waals surface area contributed by atoms with Crippen molar-refractivity contribution in [1.82, 2.24) is 4.90 Å². The molecule has 0 rings (SSSR count). The standard InChI is InChI=1S/C13H26Cl2N2O/c1-3-5-7-9-11(14)17(13(16)18)12(15)10-8-6-4-2/h11-12H,3-10H2,1-2H3,(H2,16,18). The van der Waals surface area contributed by atoms with Crippen LogP contribution in [0.25, 0.3) is 0 Å². The van der Waals surface area contributed by atoms with E-state index in [4.69, 9.17) is 28.9 Å². The number of nitrogens with zero attached hydrogens (tertiary/aromatic N) is 1. The van der Waals surface area contributed by atoms with Crippen LogP contribution in [0.5, 0.6) is 0 Å². The number of alkyl halides is 2. The van der Waals surface area contributed by atoms with Gasteiger partial charge in [0.05, 0.1) is 0 Å². The van der Waals surface area contributed by atoms with Crippen molar-refractivity contribution in [2.45, 2.75) is 76.2 Å². The van der Waals surface area contributed by atoms with Crippen LogP contribution in [0.15, 0.2) is 0 Å². The Morgan fingerprint density at radius 2 is 1.39 bits per heavy atom. The second-order valence-corrected chi connectivity index (χ2v) is 5.61. The van der Waals surface area contributed by atoms with Gasteiger partial charge in [-0.05, 0) is 12.8 Å². The smallest absolute Gasteiger partial charge is 0.317 e. The lowest BCUT2D eigenvalue weighted by molar-refractivity contribution is 0.188. The van der Waals surface area contributed by atoms with Crippen LogP contribution >= 0.6 is 23.2 Å². The number of unbranched alkanes of at least 4 members (excludes halogenated alkanes) is 4. The van der Waals surface area contributed by atoms with Crippen LogP contribution in [0.3, 0.4) is 0 Å². The summed E-state index contributed by atoms with van der Waals surface area (Å²) in [4.78, 5) is 12.8. The van der Waals surface area contributed by atoms with E-state index in [1.54, 1.807) is 0 Å². The van der Waals surface area contributed by atoms with Gasteiger partial charge in [-0.1, -0.05) is 75.6 Å². The highest BCUT2D eigenvalue weighted by molar-refractivity contribution is 6.24. The number of amides is 2. The number of primary amides is 1. The topological polar surface area (TPSA) is 46.3 Å². The van der Waals surface area contributed by atoms with Gasteiger partial charge in [0.1, 0.15) is 11.0 Å². The van der Waals surface area contributed by atoms with Crippen molar-refractivity contribution in [2.24, 2.45) is 5.73 Å². The molecular weight excluding hydrogens is 271 g/mol. The minimum absolute atomic E-state index is 0.391. The highest BCUT2D eigenvalue weighted by Gasteiger charge is 2.25. The molecule has 2 amide bonds. The van der Waals surface area contributed by atoms with Gasteiger partial charge in [-0.25, -0.2) is 4.79 Å². The van der Waals surface area contributed by atoms with E-state index in [2.05, 4.69) is 13.8 Å². The fourth-order valence-corrected chi connectivity index (χ4v) is 2.69. The second kappa shape index (κ2) is 10.7. The summed E-state index contributed by atoms with van der Waals surface area (Å²) in [7, 11) is 0. The lowest BCUT2D eigenvalue weighted by Crippen LogP contribution is -2.45. The molecule has 2 atom stereocenters. The maximum Gasteiger partial charge on any atom is 0.317 e. The first-order valence-electron chi connectivity index (χ1n) is 6.90. The minimum Gasteiger partial charge on any atom is -0.351 e. The molecule has 0 saturated carbocycles. The molecule has 0 saturated heterocycles. The van der Waals surface area contributed by atoms with E-state index in [1.165, 1.54) is 4.90 Å². The average Bonchev–Trinajstić information content (AvgIpc) is 2.29. The normalized spacial score (nSPS) is 14.2. The number of urea groups is 1. The van der Waals surface area contributed by atoms with Gasteiger partial charge in [0.15, 0.2) is 0 Å². The third kappa shape index (κ3) is 7.32. The van der Waals surface area contributed by atoms with E-state index in [9.17, 15) is 4.79 Å². The van der Waals surface area contributed by atoms with Crippen molar-refractivity contribution in [1.29, 1.82) is 0 Å². The van der Waals surface area contributed by atoms with Gasteiger partial charge in [0.25, 0.3) is 0 Å². The monoisotopic (exact) mass is 296 g/mol. The summed E-state index contributed by atoms with van der Waals surface area (Å²) < 4.78 is 0. The Kier molecular flexibility index (Phi) is 10.7. The first-order valence-corrected chi connectivity index (χ1v) is 7.77. The van der Waals surface area contributed by atoms with E-state index >= 15 is 0 Å². The third-order valence-corrected chi connectivity index (χ3v) is 3.81. The predicted octanol–water partition coefficient (Wildman–Crippen LogP) is 4.66. The van der Waals surface area contributed by atoms with E-state index in [-0.39, 0.29) is 0 Å². The molecular formula is C13H26Cl2N2O. The Bertz CT molecular complexity index is 211. The van der Waals surface area contributed by atoms with Crippen LogP contribution in [0.2, 0.25) is 0 Å². The molecule has 0 aromatic carbocycles.